The molecule has 1 heterocycles. The number of carbonyl (C=O) groups is 1. The van der Waals surface area contributed by atoms with E-state index in [9.17, 15) is 0 Å². The summed E-state index contributed by atoms with van der Waals surface area (Å²) in [6.45, 7) is 10.9. The van der Waals surface area contributed by atoms with E-state index in [1.165, 1.54) is 44.3 Å². The molecule has 2 N–H and O–H groups in total. The Hall–Kier alpha value is -2.01. The van der Waals surface area contributed by atoms with Gasteiger partial charge in [0.05, 0.1) is 0 Å². The number of nitrogens with one attached hydrogen (secondary N) is 2. The van der Waals surface area contributed by atoms with Gasteiger partial charge in [-0.1, -0.05) is 56.2 Å². The number of carbonyl (C=O) groups excluding carboxylic acids is 1. The Bertz CT molecular complexity index is 480. The third kappa shape index (κ3) is 9.58. The Morgan fingerprint density at radius 3 is 2.17 bits per heavy atom. The van der Waals surface area contributed by atoms with E-state index in [4.69, 9.17) is 4.79 Å². The van der Waals surface area contributed by atoms with E-state index < -0.39 is 0 Å². The molecule has 5 heteroatoms. The zero-order valence-corrected chi connectivity index (χ0v) is 14.6. The van der Waals surface area contributed by atoms with Crippen molar-refractivity contribution in [3.8, 4) is 11.3 Å². The minimum Gasteiger partial charge on any atom is -0.317 e. The maximum absolute atomic E-state index is 8.00. The second kappa shape index (κ2) is 14.9. The normalized spacial score (nSPS) is 9.35. The molecule has 0 spiro atoms. The number of benzene rings is 1. The summed E-state index contributed by atoms with van der Waals surface area (Å²) < 4.78 is 0. The maximum Gasteiger partial charge on any atom is 0.113 e. The number of H-pyrrole nitrogens is 1. The van der Waals surface area contributed by atoms with Crippen LogP contribution in [-0.2, 0) is 4.79 Å². The molecule has 0 aliphatic carbocycles. The van der Waals surface area contributed by atoms with Gasteiger partial charge in [0.2, 0.25) is 0 Å². The highest BCUT2D eigenvalue weighted by Crippen LogP contribution is 2.18. The van der Waals surface area contributed by atoms with Crippen molar-refractivity contribution in [2.75, 3.05) is 13.1 Å². The van der Waals surface area contributed by atoms with Crippen molar-refractivity contribution in [2.24, 2.45) is 0 Å². The number of aryl methyl sites for hydroxylation is 1. The summed E-state index contributed by atoms with van der Waals surface area (Å²) >= 11 is 0. The van der Waals surface area contributed by atoms with Crippen molar-refractivity contribution in [1.82, 2.24) is 20.7 Å². The monoisotopic (exact) mass is 318 g/mol. The molecule has 0 bridgehead atoms. The lowest BCUT2D eigenvalue weighted by atomic mass is 10.1. The van der Waals surface area contributed by atoms with Crippen LogP contribution in [0.1, 0.15) is 45.1 Å². The van der Waals surface area contributed by atoms with Gasteiger partial charge in [0.15, 0.2) is 0 Å². The lowest BCUT2D eigenvalue weighted by molar-refractivity contribution is -0.0979. The molecule has 2 aromatic rings. The number of rotatable bonds is 7. The molecule has 128 valence electrons. The van der Waals surface area contributed by atoms with Gasteiger partial charge in [-0.15, -0.1) is 5.10 Å². The van der Waals surface area contributed by atoms with E-state index in [-0.39, 0.29) is 0 Å². The number of aromatic nitrogens is 3. The average molecular weight is 318 g/mol. The summed E-state index contributed by atoms with van der Waals surface area (Å²) in [6.07, 6.45) is 7.05. The summed E-state index contributed by atoms with van der Waals surface area (Å²) in [6, 6.07) is 8.10. The van der Waals surface area contributed by atoms with Crippen LogP contribution in [0.4, 0.5) is 0 Å². The van der Waals surface area contributed by atoms with Gasteiger partial charge in [-0.25, -0.2) is 0 Å². The summed E-state index contributed by atoms with van der Waals surface area (Å²) in [4.78, 5) is 8.00. The fraction of sp³-hybridized carbons (Fsp3) is 0.500. The number of nitrogens with zero attached hydrogens (tertiary/aromatic N) is 2. The Kier molecular flexibility index (Phi) is 13.6. The van der Waals surface area contributed by atoms with Crippen LogP contribution in [-0.4, -0.2) is 35.3 Å². The highest BCUT2D eigenvalue weighted by atomic mass is 16.1. The predicted molar refractivity (Wildman–Crippen MR) is 96.4 cm³/mol. The Morgan fingerprint density at radius 1 is 1.09 bits per heavy atom. The second-order valence-electron chi connectivity index (χ2n) is 5.13. The van der Waals surface area contributed by atoms with Gasteiger partial charge >= 0.3 is 0 Å². The second-order valence-corrected chi connectivity index (χ2v) is 5.13. The van der Waals surface area contributed by atoms with Crippen LogP contribution in [0.25, 0.3) is 11.3 Å². The lowest BCUT2D eigenvalue weighted by Gasteiger charge is -1.99. The van der Waals surface area contributed by atoms with Crippen molar-refractivity contribution in [3.05, 3.63) is 36.0 Å². The third-order valence-corrected chi connectivity index (χ3v) is 3.25. The van der Waals surface area contributed by atoms with E-state index in [1.807, 2.05) is 25.0 Å². The minimum absolute atomic E-state index is 0.896. The molecule has 0 saturated heterocycles. The summed E-state index contributed by atoms with van der Waals surface area (Å²) in [5.41, 5.74) is 3.24. The van der Waals surface area contributed by atoms with Crippen LogP contribution in [0.15, 0.2) is 30.5 Å². The molecular formula is C18H30N4O. The summed E-state index contributed by atoms with van der Waals surface area (Å²) in [5.74, 6) is 0. The van der Waals surface area contributed by atoms with E-state index in [0.29, 0.717) is 0 Å². The molecule has 0 amide bonds. The van der Waals surface area contributed by atoms with E-state index in [1.54, 1.807) is 6.20 Å². The van der Waals surface area contributed by atoms with E-state index in [2.05, 4.69) is 47.6 Å². The van der Waals surface area contributed by atoms with E-state index >= 15 is 0 Å². The lowest BCUT2D eigenvalue weighted by Crippen LogP contribution is -2.15. The molecule has 1 aromatic carbocycles. The molecule has 2 rings (SSSR count). The van der Waals surface area contributed by atoms with Crippen LogP contribution < -0.4 is 5.32 Å². The standard InChI is InChI=1S/C9H9N3.C8H19N.CH2O/c1-7-4-2-3-5-8(7)9-6-10-12-11-9;1-3-5-7-9-8-6-4-2;1-2/h2-6H,1H3,(H,10,11,12);9H,3-8H2,1-2H3;1H2. The van der Waals surface area contributed by atoms with Crippen LogP contribution in [0.3, 0.4) is 0 Å². The fourth-order valence-corrected chi connectivity index (χ4v) is 1.92. The third-order valence-electron chi connectivity index (χ3n) is 3.25. The average Bonchev–Trinajstić information content (AvgIpc) is 3.12. The molecule has 0 fully saturated rings. The van der Waals surface area contributed by atoms with E-state index in [0.717, 1.165) is 11.3 Å². The zero-order chi connectivity index (χ0) is 17.3. The first-order valence-corrected chi connectivity index (χ1v) is 8.21. The van der Waals surface area contributed by atoms with Gasteiger partial charge in [-0.2, -0.15) is 0 Å². The Labute approximate surface area is 139 Å². The summed E-state index contributed by atoms with van der Waals surface area (Å²) in [5, 5.41) is 13.7. The van der Waals surface area contributed by atoms with Crippen LogP contribution >= 0.6 is 0 Å². The highest BCUT2D eigenvalue weighted by Gasteiger charge is 2.01. The highest BCUT2D eigenvalue weighted by molar-refractivity contribution is 5.61. The van der Waals surface area contributed by atoms with Crippen molar-refractivity contribution < 1.29 is 4.79 Å². The van der Waals surface area contributed by atoms with Crippen LogP contribution in [0.5, 0.6) is 0 Å². The van der Waals surface area contributed by atoms with Crippen molar-refractivity contribution in [1.29, 1.82) is 0 Å². The largest absolute Gasteiger partial charge is 0.317 e. The molecule has 0 radical (unpaired) electrons. The number of aromatic amines is 1. The smallest absolute Gasteiger partial charge is 0.113 e. The number of hydrogen-bond acceptors (Lipinski definition) is 4. The molecule has 1 aromatic heterocycles. The quantitative estimate of drug-likeness (QED) is 0.762. The number of unbranched alkanes of at least 4 members (excludes halogenated alkanes) is 2. The molecule has 0 aliphatic heterocycles. The first-order chi connectivity index (χ1) is 11.3. The maximum atomic E-state index is 8.00. The first kappa shape index (κ1) is 21.0. The van der Waals surface area contributed by atoms with Crippen molar-refractivity contribution in [3.63, 3.8) is 0 Å². The molecule has 0 aliphatic rings. The van der Waals surface area contributed by atoms with Gasteiger partial charge in [0.1, 0.15) is 12.5 Å². The van der Waals surface area contributed by atoms with Gasteiger partial charge < -0.3 is 10.1 Å². The Morgan fingerprint density at radius 2 is 1.70 bits per heavy atom. The number of hydrogen-bond donors (Lipinski definition) is 2. The van der Waals surface area contributed by atoms with Gasteiger partial charge in [0.25, 0.3) is 0 Å². The van der Waals surface area contributed by atoms with Crippen LogP contribution in [0, 0.1) is 6.92 Å². The Balaban J connectivity index is 0.000000396. The fourth-order valence-electron chi connectivity index (χ4n) is 1.92. The molecule has 23 heavy (non-hydrogen) atoms. The predicted octanol–water partition coefficient (Wildman–Crippen LogP) is 3.77. The zero-order valence-electron chi connectivity index (χ0n) is 14.6. The van der Waals surface area contributed by atoms with Crippen molar-refractivity contribution in [2.45, 2.75) is 46.5 Å². The SMILES string of the molecule is C=O.CCCCNCCCC.Cc1ccccc1-c1c[nH]nn1. The van der Waals surface area contributed by atoms with Gasteiger partial charge in [-0.05, 0) is 38.4 Å². The molecule has 0 saturated carbocycles. The summed E-state index contributed by atoms with van der Waals surface area (Å²) in [7, 11) is 0. The molecular weight excluding hydrogens is 288 g/mol. The molecule has 5 nitrogen and oxygen atoms in total. The minimum atomic E-state index is 0.896. The van der Waals surface area contributed by atoms with Gasteiger partial charge in [-0.3, -0.25) is 5.10 Å². The molecule has 0 atom stereocenters. The van der Waals surface area contributed by atoms with Crippen LogP contribution in [0.2, 0.25) is 0 Å². The molecule has 0 unspecified atom stereocenters. The van der Waals surface area contributed by atoms with Gasteiger partial charge in [0, 0.05) is 11.8 Å². The first-order valence-electron chi connectivity index (χ1n) is 8.21. The van der Waals surface area contributed by atoms with Crippen molar-refractivity contribution >= 4 is 6.79 Å². The topological polar surface area (TPSA) is 70.7 Å².